The van der Waals surface area contributed by atoms with Crippen molar-refractivity contribution in [2.75, 3.05) is 34.4 Å². The van der Waals surface area contributed by atoms with Gasteiger partial charge in [0.15, 0.2) is 11.5 Å². The molecular weight excluding hydrogens is 263 g/mol. The summed E-state index contributed by atoms with van der Waals surface area (Å²) in [6, 6.07) is 2.65. The Balaban J connectivity index is 2.29. The largest absolute Gasteiger partial charge is 0.493 e. The maximum atomic E-state index is 14.1. The van der Waals surface area contributed by atoms with Crippen molar-refractivity contribution in [3.8, 4) is 11.5 Å². The number of rotatable bonds is 4. The summed E-state index contributed by atoms with van der Waals surface area (Å²) in [6.45, 7) is 1.61. The number of nitrogens with one attached hydrogen (secondary N) is 1. The van der Waals surface area contributed by atoms with Crippen LogP contribution in [0.25, 0.3) is 0 Å². The first kappa shape index (κ1) is 14.6. The average molecular weight is 282 g/mol. The van der Waals surface area contributed by atoms with Crippen LogP contribution in [0.15, 0.2) is 12.1 Å². The number of amides is 1. The normalized spacial score (nSPS) is 17.9. The van der Waals surface area contributed by atoms with E-state index in [1.54, 1.807) is 11.9 Å². The number of benzene rings is 1. The maximum absolute atomic E-state index is 14.1. The number of methoxy groups -OCH3 is 2. The Morgan fingerprint density at radius 1 is 1.35 bits per heavy atom. The Labute approximate surface area is 117 Å². The first-order valence-electron chi connectivity index (χ1n) is 6.48. The highest BCUT2D eigenvalue weighted by Gasteiger charge is 2.26. The van der Waals surface area contributed by atoms with Crippen LogP contribution in [-0.4, -0.2) is 51.2 Å². The zero-order valence-electron chi connectivity index (χ0n) is 11.9. The molecule has 110 valence electrons. The SMILES string of the molecule is COc1cc(F)c(C(=O)N(C)[C@H]2CCNC2)cc1OC. The molecule has 1 saturated heterocycles. The van der Waals surface area contributed by atoms with Crippen molar-refractivity contribution >= 4 is 5.91 Å². The molecule has 5 nitrogen and oxygen atoms in total. The van der Waals surface area contributed by atoms with Gasteiger partial charge in [-0.1, -0.05) is 0 Å². The van der Waals surface area contributed by atoms with Gasteiger partial charge in [0.1, 0.15) is 5.82 Å². The Morgan fingerprint density at radius 2 is 2.00 bits per heavy atom. The molecule has 0 aliphatic carbocycles. The fraction of sp³-hybridized carbons (Fsp3) is 0.500. The van der Waals surface area contributed by atoms with Gasteiger partial charge < -0.3 is 19.7 Å². The number of halogens is 1. The summed E-state index contributed by atoms with van der Waals surface area (Å²) >= 11 is 0. The maximum Gasteiger partial charge on any atom is 0.257 e. The number of carbonyl (C=O) groups excluding carboxylic acids is 1. The smallest absolute Gasteiger partial charge is 0.257 e. The van der Waals surface area contributed by atoms with E-state index in [0.717, 1.165) is 19.5 Å². The Morgan fingerprint density at radius 3 is 2.55 bits per heavy atom. The molecule has 2 rings (SSSR count). The molecule has 0 spiro atoms. The zero-order chi connectivity index (χ0) is 14.7. The predicted molar refractivity (Wildman–Crippen MR) is 72.9 cm³/mol. The van der Waals surface area contributed by atoms with Crippen LogP contribution in [0.4, 0.5) is 4.39 Å². The Bertz CT molecular complexity index is 501. The first-order valence-corrected chi connectivity index (χ1v) is 6.48. The number of ether oxygens (including phenoxy) is 2. The second-order valence-electron chi connectivity index (χ2n) is 4.75. The number of hydrogen-bond acceptors (Lipinski definition) is 4. The van der Waals surface area contributed by atoms with Crippen LogP contribution in [0.2, 0.25) is 0 Å². The van der Waals surface area contributed by atoms with Gasteiger partial charge in [-0.25, -0.2) is 4.39 Å². The molecule has 0 unspecified atom stereocenters. The number of likely N-dealkylation sites (N-methyl/N-ethyl adjacent to an activating group) is 1. The molecule has 1 N–H and O–H groups in total. The highest BCUT2D eigenvalue weighted by Crippen LogP contribution is 2.30. The van der Waals surface area contributed by atoms with Crippen LogP contribution in [0, 0.1) is 5.82 Å². The molecule has 1 atom stereocenters. The van der Waals surface area contributed by atoms with Gasteiger partial charge in [0, 0.05) is 25.7 Å². The van der Waals surface area contributed by atoms with Crippen molar-refractivity contribution in [2.24, 2.45) is 0 Å². The average Bonchev–Trinajstić information content (AvgIpc) is 2.99. The van der Waals surface area contributed by atoms with Crippen molar-refractivity contribution in [2.45, 2.75) is 12.5 Å². The van der Waals surface area contributed by atoms with Crippen molar-refractivity contribution in [1.29, 1.82) is 0 Å². The van der Waals surface area contributed by atoms with Crippen molar-refractivity contribution in [1.82, 2.24) is 10.2 Å². The molecule has 0 radical (unpaired) electrons. The molecule has 0 saturated carbocycles. The summed E-state index contributed by atoms with van der Waals surface area (Å²) in [5.41, 5.74) is -0.00273. The van der Waals surface area contributed by atoms with E-state index in [-0.39, 0.29) is 23.3 Å². The van der Waals surface area contributed by atoms with E-state index in [0.29, 0.717) is 5.75 Å². The quantitative estimate of drug-likeness (QED) is 0.904. The van der Waals surface area contributed by atoms with Crippen LogP contribution < -0.4 is 14.8 Å². The van der Waals surface area contributed by atoms with E-state index in [4.69, 9.17) is 9.47 Å². The van der Waals surface area contributed by atoms with Gasteiger partial charge in [0.2, 0.25) is 0 Å². The number of hydrogen-bond donors (Lipinski definition) is 1. The molecule has 1 aliphatic rings. The van der Waals surface area contributed by atoms with Gasteiger partial charge in [-0.05, 0) is 19.0 Å². The summed E-state index contributed by atoms with van der Waals surface area (Å²) in [7, 11) is 4.57. The standard InChI is InChI=1S/C14H19FN2O3/c1-17(9-4-5-16-8-9)14(18)10-6-12(19-2)13(20-3)7-11(10)15/h6-7,9,16H,4-5,8H2,1-3H3/t9-/m0/s1. The third-order valence-electron chi connectivity index (χ3n) is 3.61. The second-order valence-corrected chi connectivity index (χ2v) is 4.75. The molecule has 1 fully saturated rings. The summed E-state index contributed by atoms with van der Waals surface area (Å²) in [6.07, 6.45) is 0.872. The lowest BCUT2D eigenvalue weighted by molar-refractivity contribution is 0.0738. The molecule has 6 heteroatoms. The molecule has 1 amide bonds. The van der Waals surface area contributed by atoms with E-state index in [1.165, 1.54) is 26.4 Å². The molecule has 1 aliphatic heterocycles. The summed E-state index contributed by atoms with van der Waals surface area (Å²) < 4.78 is 24.2. The highest BCUT2D eigenvalue weighted by molar-refractivity contribution is 5.95. The van der Waals surface area contributed by atoms with Crippen molar-refractivity contribution < 1.29 is 18.7 Å². The lowest BCUT2D eigenvalue weighted by Gasteiger charge is -2.24. The molecule has 20 heavy (non-hydrogen) atoms. The van der Waals surface area contributed by atoms with Crippen molar-refractivity contribution in [3.63, 3.8) is 0 Å². The lowest BCUT2D eigenvalue weighted by atomic mass is 10.1. The lowest BCUT2D eigenvalue weighted by Crippen LogP contribution is -2.38. The van der Waals surface area contributed by atoms with E-state index in [1.807, 2.05) is 0 Å². The monoisotopic (exact) mass is 282 g/mol. The minimum Gasteiger partial charge on any atom is -0.493 e. The molecule has 0 aromatic heterocycles. The van der Waals surface area contributed by atoms with Gasteiger partial charge in [-0.3, -0.25) is 4.79 Å². The summed E-state index contributed by atoms with van der Waals surface area (Å²) in [4.78, 5) is 14.0. The number of carbonyl (C=O) groups is 1. The minimum atomic E-state index is -0.606. The fourth-order valence-corrected chi connectivity index (χ4v) is 2.34. The molecular formula is C14H19FN2O3. The zero-order valence-corrected chi connectivity index (χ0v) is 11.9. The molecule has 1 heterocycles. The molecule has 0 bridgehead atoms. The molecule has 1 aromatic carbocycles. The van der Waals surface area contributed by atoms with E-state index >= 15 is 0 Å². The second kappa shape index (κ2) is 6.09. The predicted octanol–water partition coefficient (Wildman–Crippen LogP) is 1.28. The van der Waals surface area contributed by atoms with Crippen LogP contribution in [0.1, 0.15) is 16.8 Å². The van der Waals surface area contributed by atoms with E-state index in [9.17, 15) is 9.18 Å². The number of nitrogens with zero attached hydrogens (tertiary/aromatic N) is 1. The summed E-state index contributed by atoms with van der Waals surface area (Å²) in [5, 5.41) is 3.18. The Kier molecular flexibility index (Phi) is 4.44. The van der Waals surface area contributed by atoms with Crippen LogP contribution in [-0.2, 0) is 0 Å². The first-order chi connectivity index (χ1) is 9.58. The Hall–Kier alpha value is -1.82. The molecule has 1 aromatic rings. The highest BCUT2D eigenvalue weighted by atomic mass is 19.1. The summed E-state index contributed by atoms with van der Waals surface area (Å²) in [5.74, 6) is -0.343. The van der Waals surface area contributed by atoms with E-state index < -0.39 is 5.82 Å². The fourth-order valence-electron chi connectivity index (χ4n) is 2.34. The van der Waals surface area contributed by atoms with Crippen LogP contribution in [0.3, 0.4) is 0 Å². The van der Waals surface area contributed by atoms with Crippen LogP contribution >= 0.6 is 0 Å². The van der Waals surface area contributed by atoms with Gasteiger partial charge in [0.05, 0.1) is 19.8 Å². The van der Waals surface area contributed by atoms with Crippen LogP contribution in [0.5, 0.6) is 11.5 Å². The van der Waals surface area contributed by atoms with E-state index in [2.05, 4.69) is 5.32 Å². The van der Waals surface area contributed by atoms with Gasteiger partial charge >= 0.3 is 0 Å². The van der Waals surface area contributed by atoms with Gasteiger partial charge in [-0.2, -0.15) is 0 Å². The van der Waals surface area contributed by atoms with Gasteiger partial charge in [-0.15, -0.1) is 0 Å². The topological polar surface area (TPSA) is 50.8 Å². The minimum absolute atomic E-state index is 0.00273. The third-order valence-corrected chi connectivity index (χ3v) is 3.61. The third kappa shape index (κ3) is 2.70. The van der Waals surface area contributed by atoms with Gasteiger partial charge in [0.25, 0.3) is 5.91 Å². The van der Waals surface area contributed by atoms with Crippen molar-refractivity contribution in [3.05, 3.63) is 23.5 Å².